The van der Waals surface area contributed by atoms with Gasteiger partial charge < -0.3 is 19.7 Å². The van der Waals surface area contributed by atoms with Gasteiger partial charge in [-0.25, -0.2) is 14.8 Å². The first-order chi connectivity index (χ1) is 17.4. The Hall–Kier alpha value is -4.28. The molecule has 0 spiro atoms. The summed E-state index contributed by atoms with van der Waals surface area (Å²) in [5, 5.41) is 17.4. The average Bonchev–Trinajstić information content (AvgIpc) is 2.86. The second kappa shape index (κ2) is 12.4. The van der Waals surface area contributed by atoms with Gasteiger partial charge in [0.25, 0.3) is 0 Å². The van der Waals surface area contributed by atoms with Crippen LogP contribution < -0.4 is 20.7 Å². The number of likely N-dealkylation sites (N-methyl/N-ethyl adjacent to an activating group) is 1. The number of amides is 3. The summed E-state index contributed by atoms with van der Waals surface area (Å²) in [5.74, 6) is 0.387. The van der Waals surface area contributed by atoms with E-state index in [2.05, 4.69) is 25.9 Å². The van der Waals surface area contributed by atoms with Crippen LogP contribution in [0.3, 0.4) is 0 Å². The van der Waals surface area contributed by atoms with Crippen LogP contribution in [0.2, 0.25) is 0 Å². The fourth-order valence-electron chi connectivity index (χ4n) is 3.52. The van der Waals surface area contributed by atoms with Crippen LogP contribution in [-0.2, 0) is 16.1 Å². The van der Waals surface area contributed by atoms with Crippen molar-refractivity contribution >= 4 is 35.5 Å². The Balaban J connectivity index is 1.74. The van der Waals surface area contributed by atoms with Crippen LogP contribution in [0.5, 0.6) is 5.75 Å². The van der Waals surface area contributed by atoms with E-state index in [-0.39, 0.29) is 35.5 Å². The summed E-state index contributed by atoms with van der Waals surface area (Å²) in [6.45, 7) is 2.64. The molecule has 13 nitrogen and oxygen atoms in total. The van der Waals surface area contributed by atoms with Gasteiger partial charge in [0.1, 0.15) is 17.6 Å². The van der Waals surface area contributed by atoms with Crippen LogP contribution in [0, 0.1) is 11.3 Å². The Morgan fingerprint density at radius 3 is 2.75 bits per heavy atom. The predicted octanol–water partition coefficient (Wildman–Crippen LogP) is 1.15. The first-order valence-electron chi connectivity index (χ1n) is 11.1. The molecule has 1 saturated heterocycles. The number of pyridine rings is 2. The number of nitriles is 1. The molecule has 0 unspecified atom stereocenters. The minimum atomic E-state index is -0.681. The van der Waals surface area contributed by atoms with Crippen LogP contribution in [0.15, 0.2) is 18.3 Å². The zero-order chi connectivity index (χ0) is 26.1. The van der Waals surface area contributed by atoms with Crippen LogP contribution in [0.25, 0.3) is 0 Å². The number of hydrogen-bond acceptors (Lipinski definition) is 10. The van der Waals surface area contributed by atoms with Crippen molar-refractivity contribution in [2.45, 2.75) is 6.54 Å². The SMILES string of the molecule is COCCNc1cc(NC(=O)Nc2nc(C=O)c(CN3CCN(C)CC3=O)cc2OC)ncc1C#N. The van der Waals surface area contributed by atoms with Crippen LogP contribution in [-0.4, -0.2) is 92.0 Å². The van der Waals surface area contributed by atoms with Crippen molar-refractivity contribution in [3.05, 3.63) is 35.2 Å². The largest absolute Gasteiger partial charge is 0.493 e. The minimum Gasteiger partial charge on any atom is -0.493 e. The lowest BCUT2D eigenvalue weighted by Gasteiger charge is -2.32. The molecule has 0 bridgehead atoms. The highest BCUT2D eigenvalue weighted by atomic mass is 16.5. The lowest BCUT2D eigenvalue weighted by Crippen LogP contribution is -2.48. The highest BCUT2D eigenvalue weighted by molar-refractivity contribution is 6.00. The second-order valence-electron chi connectivity index (χ2n) is 7.98. The molecule has 1 aliphatic heterocycles. The van der Waals surface area contributed by atoms with E-state index in [1.165, 1.54) is 19.4 Å². The molecule has 3 heterocycles. The third-order valence-corrected chi connectivity index (χ3v) is 5.42. The molecule has 2 aromatic rings. The molecule has 0 aromatic carbocycles. The number of carbonyl (C=O) groups excluding carboxylic acids is 3. The Kier molecular flexibility index (Phi) is 9.09. The molecule has 0 aliphatic carbocycles. The molecular formula is C23H28N8O5. The Bertz CT molecular complexity index is 1170. The van der Waals surface area contributed by atoms with E-state index in [0.29, 0.717) is 49.3 Å². The number of rotatable bonds is 10. The van der Waals surface area contributed by atoms with E-state index in [4.69, 9.17) is 9.47 Å². The highest BCUT2D eigenvalue weighted by Crippen LogP contribution is 2.26. The number of aldehydes is 1. The number of methoxy groups -OCH3 is 2. The molecule has 1 aliphatic rings. The van der Waals surface area contributed by atoms with E-state index >= 15 is 0 Å². The second-order valence-corrected chi connectivity index (χ2v) is 7.98. The number of hydrogen-bond donors (Lipinski definition) is 3. The van der Waals surface area contributed by atoms with Gasteiger partial charge in [0.15, 0.2) is 17.9 Å². The third-order valence-electron chi connectivity index (χ3n) is 5.42. The maximum absolute atomic E-state index is 12.6. The van der Waals surface area contributed by atoms with Crippen molar-refractivity contribution < 1.29 is 23.9 Å². The maximum Gasteiger partial charge on any atom is 0.326 e. The lowest BCUT2D eigenvalue weighted by molar-refractivity contribution is -0.136. The fraction of sp³-hybridized carbons (Fsp3) is 0.391. The molecule has 2 aromatic heterocycles. The average molecular weight is 497 g/mol. The molecule has 3 amide bonds. The number of carbonyl (C=O) groups is 3. The Morgan fingerprint density at radius 1 is 1.28 bits per heavy atom. The number of piperazine rings is 1. The first kappa shape index (κ1) is 26.3. The van der Waals surface area contributed by atoms with Gasteiger partial charge in [-0.3, -0.25) is 25.1 Å². The van der Waals surface area contributed by atoms with Crippen molar-refractivity contribution in [1.29, 1.82) is 5.26 Å². The summed E-state index contributed by atoms with van der Waals surface area (Å²) in [5.41, 5.74) is 1.39. The Morgan fingerprint density at radius 2 is 2.08 bits per heavy atom. The minimum absolute atomic E-state index is 0.0256. The monoisotopic (exact) mass is 496 g/mol. The van der Waals surface area contributed by atoms with Crippen molar-refractivity contribution in [3.63, 3.8) is 0 Å². The standard InChI is InChI=1S/C23H28N8O5/c1-30-5-6-31(21(33)13-30)12-15-8-19(36-3)22(27-18(15)14-32)29-23(34)28-20-9-17(25-4-7-35-2)16(10-24)11-26-20/h8-9,11,14H,4-7,12-13H2,1-3H3,(H3,25,26,27,28,29,34). The van der Waals surface area contributed by atoms with Gasteiger partial charge in [0.05, 0.1) is 31.5 Å². The lowest BCUT2D eigenvalue weighted by atomic mass is 10.1. The maximum atomic E-state index is 12.6. The van der Waals surface area contributed by atoms with Crippen LogP contribution in [0.4, 0.5) is 22.1 Å². The molecule has 3 N–H and O–H groups in total. The number of urea groups is 1. The van der Waals surface area contributed by atoms with Gasteiger partial charge >= 0.3 is 6.03 Å². The normalized spacial score (nSPS) is 13.6. The molecular weight excluding hydrogens is 468 g/mol. The number of aromatic nitrogens is 2. The van der Waals surface area contributed by atoms with Crippen molar-refractivity contribution in [2.75, 3.05) is 70.0 Å². The molecule has 0 radical (unpaired) electrons. The van der Waals surface area contributed by atoms with E-state index in [1.807, 2.05) is 18.0 Å². The van der Waals surface area contributed by atoms with Gasteiger partial charge in [0.2, 0.25) is 5.91 Å². The van der Waals surface area contributed by atoms with Crippen molar-refractivity contribution in [1.82, 2.24) is 19.8 Å². The van der Waals surface area contributed by atoms with Crippen LogP contribution >= 0.6 is 0 Å². The van der Waals surface area contributed by atoms with Crippen molar-refractivity contribution in [2.24, 2.45) is 0 Å². The summed E-state index contributed by atoms with van der Waals surface area (Å²) in [4.78, 5) is 48.6. The van der Waals surface area contributed by atoms with Gasteiger partial charge in [-0.15, -0.1) is 0 Å². The molecule has 36 heavy (non-hydrogen) atoms. The quantitative estimate of drug-likeness (QED) is 0.321. The van der Waals surface area contributed by atoms with Crippen molar-refractivity contribution in [3.8, 4) is 11.8 Å². The summed E-state index contributed by atoms with van der Waals surface area (Å²) < 4.78 is 10.4. The first-order valence-corrected chi connectivity index (χ1v) is 11.1. The number of nitrogens with zero attached hydrogens (tertiary/aromatic N) is 5. The van der Waals surface area contributed by atoms with E-state index in [0.717, 1.165) is 6.54 Å². The molecule has 0 atom stereocenters. The molecule has 3 rings (SSSR count). The summed E-state index contributed by atoms with van der Waals surface area (Å²) >= 11 is 0. The van der Waals surface area contributed by atoms with E-state index in [1.54, 1.807) is 18.1 Å². The van der Waals surface area contributed by atoms with Gasteiger partial charge in [-0.1, -0.05) is 0 Å². The smallest absolute Gasteiger partial charge is 0.326 e. The number of nitrogens with one attached hydrogen (secondary N) is 3. The zero-order valence-electron chi connectivity index (χ0n) is 20.3. The fourth-order valence-corrected chi connectivity index (χ4v) is 3.52. The van der Waals surface area contributed by atoms with E-state index in [9.17, 15) is 19.6 Å². The zero-order valence-corrected chi connectivity index (χ0v) is 20.3. The Labute approximate surface area is 208 Å². The summed E-state index contributed by atoms with van der Waals surface area (Å²) in [6, 6.07) is 4.45. The summed E-state index contributed by atoms with van der Waals surface area (Å²) in [7, 11) is 4.84. The molecule has 13 heteroatoms. The number of ether oxygens (including phenoxy) is 2. The predicted molar refractivity (Wildman–Crippen MR) is 131 cm³/mol. The van der Waals surface area contributed by atoms with Crippen LogP contribution in [0.1, 0.15) is 21.6 Å². The molecule has 190 valence electrons. The van der Waals surface area contributed by atoms with E-state index < -0.39 is 6.03 Å². The molecule has 1 fully saturated rings. The third kappa shape index (κ3) is 6.65. The number of anilines is 3. The van der Waals surface area contributed by atoms with Gasteiger partial charge in [-0.2, -0.15) is 5.26 Å². The van der Waals surface area contributed by atoms with Gasteiger partial charge in [0, 0.05) is 51.1 Å². The van der Waals surface area contributed by atoms with Gasteiger partial charge in [-0.05, 0) is 13.1 Å². The highest BCUT2D eigenvalue weighted by Gasteiger charge is 2.24. The topological polar surface area (TPSA) is 162 Å². The molecule has 0 saturated carbocycles. The summed E-state index contributed by atoms with van der Waals surface area (Å²) in [6.07, 6.45) is 1.90.